The van der Waals surface area contributed by atoms with Crippen LogP contribution in [-0.4, -0.2) is 24.8 Å². The van der Waals surface area contributed by atoms with Gasteiger partial charge in [0.1, 0.15) is 5.15 Å². The average Bonchev–Trinajstić information content (AvgIpc) is 2.41. The molecule has 4 nitrogen and oxygen atoms in total. The molecule has 0 bridgehead atoms. The Morgan fingerprint density at radius 1 is 1.20 bits per heavy atom. The van der Waals surface area contributed by atoms with Crippen LogP contribution in [0.3, 0.4) is 0 Å². The summed E-state index contributed by atoms with van der Waals surface area (Å²) in [5.74, 6) is 0. The summed E-state index contributed by atoms with van der Waals surface area (Å²) >= 11 is 11.8. The molecule has 1 heterocycles. The predicted molar refractivity (Wildman–Crippen MR) is 79.4 cm³/mol. The largest absolute Gasteiger partial charge is 0.244 e. The molecule has 20 heavy (non-hydrogen) atoms. The molecule has 0 unspecified atom stereocenters. The van der Waals surface area contributed by atoms with E-state index in [1.54, 1.807) is 18.2 Å². The molecule has 0 N–H and O–H groups in total. The third kappa shape index (κ3) is 3.30. The highest BCUT2D eigenvalue weighted by molar-refractivity contribution is 7.89. The van der Waals surface area contributed by atoms with Crippen molar-refractivity contribution < 1.29 is 8.42 Å². The van der Waals surface area contributed by atoms with Crippen LogP contribution in [0.1, 0.15) is 5.56 Å². The topological polar surface area (TPSA) is 50.3 Å². The van der Waals surface area contributed by atoms with E-state index in [2.05, 4.69) is 4.98 Å². The maximum absolute atomic E-state index is 12.4. The molecule has 7 heteroatoms. The lowest BCUT2D eigenvalue weighted by Gasteiger charge is -2.18. The lowest BCUT2D eigenvalue weighted by molar-refractivity contribution is 0.466. The Morgan fingerprint density at radius 3 is 2.55 bits per heavy atom. The third-order valence-electron chi connectivity index (χ3n) is 2.76. The molecule has 0 aliphatic carbocycles. The standard InChI is InChI=1S/C13H12Cl2N2O2S/c1-17(9-10-4-2-3-5-12(10)14)20(18,19)11-6-7-16-13(15)8-11/h2-8H,9H2,1H3. The summed E-state index contributed by atoms with van der Waals surface area (Å²) in [5.41, 5.74) is 0.736. The van der Waals surface area contributed by atoms with Crippen molar-refractivity contribution in [2.75, 3.05) is 7.05 Å². The Labute approximate surface area is 128 Å². The van der Waals surface area contributed by atoms with Gasteiger partial charge in [0, 0.05) is 24.8 Å². The second-order valence-electron chi connectivity index (χ2n) is 4.17. The zero-order chi connectivity index (χ0) is 14.8. The normalized spacial score (nSPS) is 11.8. The zero-order valence-electron chi connectivity index (χ0n) is 10.6. The zero-order valence-corrected chi connectivity index (χ0v) is 13.0. The number of rotatable bonds is 4. The SMILES string of the molecule is CN(Cc1ccccc1Cl)S(=O)(=O)c1ccnc(Cl)c1. The first-order valence-electron chi connectivity index (χ1n) is 5.72. The van der Waals surface area contributed by atoms with Crippen LogP contribution < -0.4 is 0 Å². The molecule has 0 aliphatic heterocycles. The number of aromatic nitrogens is 1. The van der Waals surface area contributed by atoms with Gasteiger partial charge in [-0.05, 0) is 23.8 Å². The highest BCUT2D eigenvalue weighted by Crippen LogP contribution is 2.21. The molecule has 0 fully saturated rings. The van der Waals surface area contributed by atoms with E-state index in [0.717, 1.165) is 5.56 Å². The molecular formula is C13H12Cl2N2O2S. The van der Waals surface area contributed by atoms with Gasteiger partial charge in [0.15, 0.2) is 0 Å². The van der Waals surface area contributed by atoms with Crippen LogP contribution in [-0.2, 0) is 16.6 Å². The van der Waals surface area contributed by atoms with Gasteiger partial charge in [-0.1, -0.05) is 41.4 Å². The molecule has 2 aromatic rings. The summed E-state index contributed by atoms with van der Waals surface area (Å²) in [6.07, 6.45) is 1.36. The smallest absolute Gasteiger partial charge is 0.243 e. The summed E-state index contributed by atoms with van der Waals surface area (Å²) < 4.78 is 26.0. The minimum Gasteiger partial charge on any atom is -0.244 e. The number of sulfonamides is 1. The molecule has 0 atom stereocenters. The molecule has 106 valence electrons. The van der Waals surface area contributed by atoms with Gasteiger partial charge in [-0.25, -0.2) is 13.4 Å². The second-order valence-corrected chi connectivity index (χ2v) is 7.01. The van der Waals surface area contributed by atoms with E-state index in [0.29, 0.717) is 5.02 Å². The molecule has 0 aliphatic rings. The number of benzene rings is 1. The Bertz CT molecular complexity index is 720. The average molecular weight is 331 g/mol. The summed E-state index contributed by atoms with van der Waals surface area (Å²) in [5, 5.41) is 0.666. The van der Waals surface area contributed by atoms with Crippen LogP contribution in [0.25, 0.3) is 0 Å². The Balaban J connectivity index is 2.29. The Hall–Kier alpha value is -1.14. The van der Waals surface area contributed by atoms with Gasteiger partial charge in [0.05, 0.1) is 4.90 Å². The number of hydrogen-bond acceptors (Lipinski definition) is 3. The highest BCUT2D eigenvalue weighted by atomic mass is 35.5. The monoisotopic (exact) mass is 330 g/mol. The van der Waals surface area contributed by atoms with Gasteiger partial charge in [0.25, 0.3) is 0 Å². The van der Waals surface area contributed by atoms with Gasteiger partial charge >= 0.3 is 0 Å². The minimum absolute atomic E-state index is 0.104. The van der Waals surface area contributed by atoms with Crippen LogP contribution in [0.5, 0.6) is 0 Å². The fourth-order valence-electron chi connectivity index (χ4n) is 1.68. The maximum Gasteiger partial charge on any atom is 0.243 e. The van der Waals surface area contributed by atoms with Crippen LogP contribution in [0, 0.1) is 0 Å². The molecule has 0 saturated carbocycles. The lowest BCUT2D eigenvalue weighted by Crippen LogP contribution is -2.26. The van der Waals surface area contributed by atoms with Gasteiger partial charge in [0.2, 0.25) is 10.0 Å². The van der Waals surface area contributed by atoms with Crippen molar-refractivity contribution in [2.45, 2.75) is 11.4 Å². The van der Waals surface area contributed by atoms with Crippen molar-refractivity contribution in [3.8, 4) is 0 Å². The van der Waals surface area contributed by atoms with E-state index < -0.39 is 10.0 Å². The van der Waals surface area contributed by atoms with Gasteiger partial charge in [-0.15, -0.1) is 0 Å². The van der Waals surface area contributed by atoms with Crippen LogP contribution in [0.2, 0.25) is 10.2 Å². The number of nitrogens with zero attached hydrogens (tertiary/aromatic N) is 2. The Kier molecular flexibility index (Phi) is 4.65. The number of hydrogen-bond donors (Lipinski definition) is 0. The first-order valence-corrected chi connectivity index (χ1v) is 7.92. The second kappa shape index (κ2) is 6.10. The van der Waals surface area contributed by atoms with Crippen molar-refractivity contribution >= 4 is 33.2 Å². The number of halogens is 2. The summed E-state index contributed by atoms with van der Waals surface area (Å²) in [4.78, 5) is 3.88. The first-order chi connectivity index (χ1) is 9.41. The first kappa shape index (κ1) is 15.3. The molecule has 0 amide bonds. The number of pyridine rings is 1. The Morgan fingerprint density at radius 2 is 1.90 bits per heavy atom. The summed E-state index contributed by atoms with van der Waals surface area (Å²) in [6, 6.07) is 9.84. The van der Waals surface area contributed by atoms with E-state index in [9.17, 15) is 8.42 Å². The summed E-state index contributed by atoms with van der Waals surface area (Å²) in [7, 11) is -2.13. The fourth-order valence-corrected chi connectivity index (χ4v) is 3.27. The van der Waals surface area contributed by atoms with Crippen molar-refractivity contribution in [3.63, 3.8) is 0 Å². The third-order valence-corrected chi connectivity index (χ3v) is 5.13. The van der Waals surface area contributed by atoms with Gasteiger partial charge < -0.3 is 0 Å². The van der Waals surface area contributed by atoms with Crippen LogP contribution in [0.4, 0.5) is 0 Å². The van der Waals surface area contributed by atoms with E-state index in [-0.39, 0.29) is 16.6 Å². The van der Waals surface area contributed by atoms with Gasteiger partial charge in [-0.3, -0.25) is 0 Å². The molecule has 1 aromatic heterocycles. The highest BCUT2D eigenvalue weighted by Gasteiger charge is 2.21. The molecular weight excluding hydrogens is 319 g/mol. The van der Waals surface area contributed by atoms with Crippen molar-refractivity contribution in [1.82, 2.24) is 9.29 Å². The minimum atomic E-state index is -3.63. The van der Waals surface area contributed by atoms with E-state index in [4.69, 9.17) is 23.2 Å². The molecule has 0 spiro atoms. The van der Waals surface area contributed by atoms with Gasteiger partial charge in [-0.2, -0.15) is 4.31 Å². The predicted octanol–water partition coefficient (Wildman–Crippen LogP) is 3.21. The molecule has 0 saturated heterocycles. The van der Waals surface area contributed by atoms with Crippen LogP contribution in [0.15, 0.2) is 47.5 Å². The van der Waals surface area contributed by atoms with E-state index in [1.165, 1.54) is 29.7 Å². The summed E-state index contributed by atoms with van der Waals surface area (Å²) in [6.45, 7) is 0.182. The maximum atomic E-state index is 12.4. The fraction of sp³-hybridized carbons (Fsp3) is 0.154. The van der Waals surface area contributed by atoms with Crippen LogP contribution >= 0.6 is 23.2 Å². The quantitative estimate of drug-likeness (QED) is 0.809. The molecule has 1 aromatic carbocycles. The van der Waals surface area contributed by atoms with Crippen molar-refractivity contribution in [1.29, 1.82) is 0 Å². The lowest BCUT2D eigenvalue weighted by atomic mass is 10.2. The van der Waals surface area contributed by atoms with Crippen molar-refractivity contribution in [3.05, 3.63) is 58.3 Å². The molecule has 2 rings (SSSR count). The van der Waals surface area contributed by atoms with E-state index in [1.807, 2.05) is 6.07 Å². The molecule has 0 radical (unpaired) electrons. The van der Waals surface area contributed by atoms with E-state index >= 15 is 0 Å². The van der Waals surface area contributed by atoms with Crippen molar-refractivity contribution in [2.24, 2.45) is 0 Å².